The highest BCUT2D eigenvalue weighted by Crippen LogP contribution is 2.36. The minimum Gasteiger partial charge on any atom is -0.493 e. The third-order valence-electron chi connectivity index (χ3n) is 3.01. The zero-order chi connectivity index (χ0) is 15.2. The van der Waals surface area contributed by atoms with E-state index in [0.717, 1.165) is 21.3 Å². The van der Waals surface area contributed by atoms with Crippen molar-refractivity contribution < 1.29 is 9.47 Å². The lowest BCUT2D eigenvalue weighted by Gasteiger charge is -2.16. The fraction of sp³-hybridized carbons (Fsp3) is 0.250. The van der Waals surface area contributed by atoms with Crippen molar-refractivity contribution in [3.63, 3.8) is 0 Å². The number of halogens is 2. The average molecular weight is 371 g/mol. The maximum atomic E-state index is 5.99. The SMILES string of the molecule is CNCc1c(Br)ccc(OC)c1OCc1cccc(Cl)c1. The van der Waals surface area contributed by atoms with Gasteiger partial charge in [-0.3, -0.25) is 0 Å². The monoisotopic (exact) mass is 369 g/mol. The van der Waals surface area contributed by atoms with E-state index in [0.29, 0.717) is 23.9 Å². The quantitative estimate of drug-likeness (QED) is 0.817. The van der Waals surface area contributed by atoms with Gasteiger partial charge in [0, 0.05) is 21.6 Å². The molecule has 0 heterocycles. The van der Waals surface area contributed by atoms with Crippen molar-refractivity contribution in [1.29, 1.82) is 0 Å². The van der Waals surface area contributed by atoms with Crippen molar-refractivity contribution in [1.82, 2.24) is 5.32 Å². The van der Waals surface area contributed by atoms with Crippen molar-refractivity contribution in [3.8, 4) is 11.5 Å². The standard InChI is InChI=1S/C16H17BrClNO2/c1-19-9-13-14(17)6-7-15(20-2)16(13)21-10-11-4-3-5-12(18)8-11/h3-8,19H,9-10H2,1-2H3. The molecule has 5 heteroatoms. The van der Waals surface area contributed by atoms with Gasteiger partial charge in [0.1, 0.15) is 6.61 Å². The van der Waals surface area contributed by atoms with Crippen LogP contribution in [0.3, 0.4) is 0 Å². The molecule has 0 radical (unpaired) electrons. The van der Waals surface area contributed by atoms with Crippen LogP contribution in [0.1, 0.15) is 11.1 Å². The highest BCUT2D eigenvalue weighted by Gasteiger charge is 2.14. The maximum Gasteiger partial charge on any atom is 0.167 e. The van der Waals surface area contributed by atoms with Gasteiger partial charge in [0.2, 0.25) is 0 Å². The zero-order valence-corrected chi connectivity index (χ0v) is 14.3. The Morgan fingerprint density at radius 1 is 1.24 bits per heavy atom. The molecule has 0 fully saturated rings. The van der Waals surface area contributed by atoms with E-state index in [4.69, 9.17) is 21.1 Å². The summed E-state index contributed by atoms with van der Waals surface area (Å²) >= 11 is 9.55. The number of benzene rings is 2. The van der Waals surface area contributed by atoms with Crippen molar-refractivity contribution in [2.24, 2.45) is 0 Å². The van der Waals surface area contributed by atoms with Crippen molar-refractivity contribution in [2.45, 2.75) is 13.2 Å². The smallest absolute Gasteiger partial charge is 0.167 e. The number of hydrogen-bond acceptors (Lipinski definition) is 3. The molecule has 0 saturated heterocycles. The summed E-state index contributed by atoms with van der Waals surface area (Å²) in [6.45, 7) is 1.12. The maximum absolute atomic E-state index is 5.99. The van der Waals surface area contributed by atoms with Gasteiger partial charge >= 0.3 is 0 Å². The third kappa shape index (κ3) is 4.13. The molecule has 0 aliphatic heterocycles. The Morgan fingerprint density at radius 3 is 2.71 bits per heavy atom. The Labute approximate surface area is 138 Å². The van der Waals surface area contributed by atoms with Crippen LogP contribution < -0.4 is 14.8 Å². The first-order valence-corrected chi connectivity index (χ1v) is 7.70. The number of rotatable bonds is 6. The lowest BCUT2D eigenvalue weighted by Crippen LogP contribution is -2.09. The van der Waals surface area contributed by atoms with E-state index in [-0.39, 0.29) is 0 Å². The largest absolute Gasteiger partial charge is 0.493 e. The molecule has 0 aliphatic carbocycles. The van der Waals surface area contributed by atoms with Crippen LogP contribution in [0.2, 0.25) is 5.02 Å². The minimum absolute atomic E-state index is 0.435. The topological polar surface area (TPSA) is 30.5 Å². The summed E-state index contributed by atoms with van der Waals surface area (Å²) in [4.78, 5) is 0. The molecule has 0 aromatic heterocycles. The van der Waals surface area contributed by atoms with Crippen LogP contribution in [-0.2, 0) is 13.2 Å². The van der Waals surface area contributed by atoms with E-state index in [1.807, 2.05) is 43.4 Å². The summed E-state index contributed by atoms with van der Waals surface area (Å²) in [6, 6.07) is 11.5. The van der Waals surface area contributed by atoms with Gasteiger partial charge in [0.05, 0.1) is 7.11 Å². The van der Waals surface area contributed by atoms with Gasteiger partial charge in [-0.25, -0.2) is 0 Å². The number of ether oxygens (including phenoxy) is 2. The molecule has 0 spiro atoms. The van der Waals surface area contributed by atoms with E-state index < -0.39 is 0 Å². The van der Waals surface area contributed by atoms with Crippen LogP contribution in [-0.4, -0.2) is 14.2 Å². The normalized spacial score (nSPS) is 10.5. The molecular weight excluding hydrogens is 354 g/mol. The summed E-state index contributed by atoms with van der Waals surface area (Å²) in [5.41, 5.74) is 2.04. The van der Waals surface area contributed by atoms with Crippen molar-refractivity contribution in [2.75, 3.05) is 14.2 Å². The molecule has 3 nitrogen and oxygen atoms in total. The van der Waals surface area contributed by atoms with Gasteiger partial charge in [-0.2, -0.15) is 0 Å². The second-order valence-corrected chi connectivity index (χ2v) is 5.80. The Hall–Kier alpha value is -1.23. The van der Waals surface area contributed by atoms with Crippen LogP contribution in [0, 0.1) is 0 Å². The second kappa shape index (κ2) is 7.69. The van der Waals surface area contributed by atoms with Gasteiger partial charge in [-0.15, -0.1) is 0 Å². The van der Waals surface area contributed by atoms with Crippen LogP contribution in [0.15, 0.2) is 40.9 Å². The Kier molecular flexibility index (Phi) is 5.91. The summed E-state index contributed by atoms with van der Waals surface area (Å²) in [5, 5.41) is 3.84. The lowest BCUT2D eigenvalue weighted by molar-refractivity contribution is 0.280. The van der Waals surface area contributed by atoms with Crippen molar-refractivity contribution >= 4 is 27.5 Å². The summed E-state index contributed by atoms with van der Waals surface area (Å²) in [6.07, 6.45) is 0. The van der Waals surface area contributed by atoms with Gasteiger partial charge < -0.3 is 14.8 Å². The molecule has 0 atom stereocenters. The van der Waals surface area contributed by atoms with Crippen molar-refractivity contribution in [3.05, 3.63) is 57.0 Å². The molecule has 112 valence electrons. The van der Waals surface area contributed by atoms with Gasteiger partial charge in [-0.05, 0) is 36.9 Å². The molecule has 0 saturated carbocycles. The van der Waals surface area contributed by atoms with E-state index in [1.54, 1.807) is 7.11 Å². The number of methoxy groups -OCH3 is 1. The van der Waals surface area contributed by atoms with Crippen LogP contribution >= 0.6 is 27.5 Å². The average Bonchev–Trinajstić information content (AvgIpc) is 2.48. The molecular formula is C16H17BrClNO2. The molecule has 2 aromatic rings. The van der Waals surface area contributed by atoms with Crippen LogP contribution in [0.25, 0.3) is 0 Å². The molecule has 0 unspecified atom stereocenters. The Bertz CT molecular complexity index is 619. The first kappa shape index (κ1) is 16.1. The highest BCUT2D eigenvalue weighted by atomic mass is 79.9. The summed E-state index contributed by atoms with van der Waals surface area (Å²) in [7, 11) is 3.53. The molecule has 2 aromatic carbocycles. The van der Waals surface area contributed by atoms with Gasteiger partial charge in [-0.1, -0.05) is 39.7 Å². The highest BCUT2D eigenvalue weighted by molar-refractivity contribution is 9.10. The summed E-state index contributed by atoms with van der Waals surface area (Å²) < 4.78 is 12.4. The molecule has 0 amide bonds. The number of nitrogens with one attached hydrogen (secondary N) is 1. The fourth-order valence-corrected chi connectivity index (χ4v) is 2.69. The predicted molar refractivity (Wildman–Crippen MR) is 89.2 cm³/mol. The molecule has 21 heavy (non-hydrogen) atoms. The minimum atomic E-state index is 0.435. The third-order valence-corrected chi connectivity index (χ3v) is 3.99. The van der Waals surface area contributed by atoms with E-state index in [2.05, 4.69) is 21.2 Å². The Balaban J connectivity index is 2.27. The van der Waals surface area contributed by atoms with Gasteiger partial charge in [0.15, 0.2) is 11.5 Å². The predicted octanol–water partition coefficient (Wildman–Crippen LogP) is 4.41. The van der Waals surface area contributed by atoms with E-state index >= 15 is 0 Å². The first-order chi connectivity index (χ1) is 10.2. The molecule has 1 N–H and O–H groups in total. The zero-order valence-electron chi connectivity index (χ0n) is 12.0. The first-order valence-electron chi connectivity index (χ1n) is 6.53. The van der Waals surface area contributed by atoms with Crippen LogP contribution in [0.4, 0.5) is 0 Å². The van der Waals surface area contributed by atoms with E-state index in [1.165, 1.54) is 0 Å². The van der Waals surface area contributed by atoms with E-state index in [9.17, 15) is 0 Å². The molecule has 0 bridgehead atoms. The molecule has 0 aliphatic rings. The fourth-order valence-electron chi connectivity index (χ4n) is 2.03. The number of hydrogen-bond donors (Lipinski definition) is 1. The molecule has 2 rings (SSSR count). The van der Waals surface area contributed by atoms with Crippen LogP contribution in [0.5, 0.6) is 11.5 Å². The van der Waals surface area contributed by atoms with Gasteiger partial charge in [0.25, 0.3) is 0 Å². The lowest BCUT2D eigenvalue weighted by atomic mass is 10.1. The summed E-state index contributed by atoms with van der Waals surface area (Å²) in [5.74, 6) is 1.45. The second-order valence-electron chi connectivity index (χ2n) is 4.51. The Morgan fingerprint density at radius 2 is 2.05 bits per heavy atom.